The van der Waals surface area contributed by atoms with Gasteiger partial charge in [0.15, 0.2) is 5.82 Å². The molecular weight excluding hydrogens is 276 g/mol. The number of carbonyl (C=O) groups excluding carboxylic acids is 1. The number of nitrogens with one attached hydrogen (secondary N) is 2. The molecular formula is C17H16N4O. The Labute approximate surface area is 128 Å². The second-order valence-corrected chi connectivity index (χ2v) is 5.12. The number of aromatic amines is 1. The average molecular weight is 292 g/mol. The number of benzene rings is 1. The van der Waals surface area contributed by atoms with Crippen LogP contribution in [0.3, 0.4) is 0 Å². The Morgan fingerprint density at radius 2 is 2.00 bits per heavy atom. The highest BCUT2D eigenvalue weighted by atomic mass is 16.1. The van der Waals surface area contributed by atoms with Crippen LogP contribution in [0.5, 0.6) is 0 Å². The summed E-state index contributed by atoms with van der Waals surface area (Å²) in [5, 5.41) is 9.83. The maximum absolute atomic E-state index is 12.1. The van der Waals surface area contributed by atoms with Crippen molar-refractivity contribution < 1.29 is 4.79 Å². The minimum Gasteiger partial charge on any atom is -0.309 e. The van der Waals surface area contributed by atoms with Crippen LogP contribution >= 0.6 is 0 Å². The largest absolute Gasteiger partial charge is 0.309 e. The van der Waals surface area contributed by atoms with Gasteiger partial charge in [-0.05, 0) is 24.6 Å². The van der Waals surface area contributed by atoms with Gasteiger partial charge in [0.25, 0.3) is 0 Å². The molecule has 5 heteroatoms. The Hall–Kier alpha value is -2.95. The molecule has 0 spiro atoms. The van der Waals surface area contributed by atoms with E-state index in [1.165, 1.54) is 0 Å². The minimum absolute atomic E-state index is 0.0848. The summed E-state index contributed by atoms with van der Waals surface area (Å²) in [7, 11) is 0. The number of hydrogen-bond donors (Lipinski definition) is 2. The summed E-state index contributed by atoms with van der Waals surface area (Å²) in [5.41, 5.74) is 3.95. The summed E-state index contributed by atoms with van der Waals surface area (Å²) < 4.78 is 0. The van der Waals surface area contributed by atoms with Crippen molar-refractivity contribution in [2.75, 3.05) is 5.32 Å². The molecule has 2 N–H and O–H groups in total. The van der Waals surface area contributed by atoms with Gasteiger partial charge in [0.2, 0.25) is 5.91 Å². The van der Waals surface area contributed by atoms with E-state index in [2.05, 4.69) is 20.5 Å². The van der Waals surface area contributed by atoms with Gasteiger partial charge in [0.05, 0.1) is 12.1 Å². The van der Waals surface area contributed by atoms with Gasteiger partial charge in [-0.25, -0.2) is 0 Å². The lowest BCUT2D eigenvalue weighted by molar-refractivity contribution is -0.115. The first kappa shape index (κ1) is 14.0. The highest BCUT2D eigenvalue weighted by Crippen LogP contribution is 2.18. The Bertz CT molecular complexity index is 780. The van der Waals surface area contributed by atoms with E-state index in [-0.39, 0.29) is 5.91 Å². The fourth-order valence-corrected chi connectivity index (χ4v) is 2.26. The molecule has 0 aliphatic carbocycles. The first-order valence-corrected chi connectivity index (χ1v) is 7.02. The number of pyridine rings is 1. The molecule has 22 heavy (non-hydrogen) atoms. The Morgan fingerprint density at radius 3 is 2.77 bits per heavy atom. The molecule has 0 aliphatic rings. The first-order valence-electron chi connectivity index (χ1n) is 7.02. The number of amides is 1. The van der Waals surface area contributed by atoms with Gasteiger partial charge in [-0.2, -0.15) is 5.10 Å². The second-order valence-electron chi connectivity index (χ2n) is 5.12. The number of rotatable bonds is 4. The van der Waals surface area contributed by atoms with Crippen molar-refractivity contribution in [2.24, 2.45) is 0 Å². The molecule has 3 rings (SSSR count). The maximum atomic E-state index is 12.1. The molecule has 0 atom stereocenters. The van der Waals surface area contributed by atoms with Gasteiger partial charge in [-0.3, -0.25) is 14.9 Å². The smallest absolute Gasteiger partial charge is 0.229 e. The van der Waals surface area contributed by atoms with Gasteiger partial charge in [0.1, 0.15) is 0 Å². The van der Waals surface area contributed by atoms with E-state index in [1.54, 1.807) is 12.4 Å². The van der Waals surface area contributed by atoms with Crippen LogP contribution in [0, 0.1) is 6.92 Å². The number of hydrogen-bond acceptors (Lipinski definition) is 3. The van der Waals surface area contributed by atoms with Crippen molar-refractivity contribution in [1.29, 1.82) is 0 Å². The fraction of sp³-hybridized carbons (Fsp3) is 0.118. The van der Waals surface area contributed by atoms with Crippen LogP contribution in [0.2, 0.25) is 0 Å². The minimum atomic E-state index is -0.0848. The third kappa shape index (κ3) is 3.38. The zero-order chi connectivity index (χ0) is 15.4. The fourth-order valence-electron chi connectivity index (χ4n) is 2.26. The number of aryl methyl sites for hydroxylation is 1. The quantitative estimate of drug-likeness (QED) is 0.776. The number of carbonyl (C=O) groups is 1. The molecule has 2 heterocycles. The number of anilines is 1. The number of nitrogens with zero attached hydrogens (tertiary/aromatic N) is 2. The van der Waals surface area contributed by atoms with E-state index in [0.717, 1.165) is 22.4 Å². The van der Waals surface area contributed by atoms with Crippen LogP contribution in [-0.4, -0.2) is 21.1 Å². The summed E-state index contributed by atoms with van der Waals surface area (Å²) in [6.45, 7) is 2.01. The standard InChI is InChI=1S/C17H16N4O/c1-12-3-2-4-13(9-12)10-17(22)19-16-11-15(20-21-16)14-5-7-18-8-6-14/h2-9,11H,10H2,1H3,(H2,19,20,21,22). The van der Waals surface area contributed by atoms with E-state index >= 15 is 0 Å². The predicted octanol–water partition coefficient (Wildman–Crippen LogP) is 2.96. The van der Waals surface area contributed by atoms with E-state index in [0.29, 0.717) is 12.2 Å². The third-order valence-corrected chi connectivity index (χ3v) is 3.28. The Kier molecular flexibility index (Phi) is 3.96. The van der Waals surface area contributed by atoms with Crippen molar-refractivity contribution in [3.05, 3.63) is 66.0 Å². The predicted molar refractivity (Wildman–Crippen MR) is 85.3 cm³/mol. The molecule has 110 valence electrons. The van der Waals surface area contributed by atoms with Gasteiger partial charge >= 0.3 is 0 Å². The molecule has 5 nitrogen and oxygen atoms in total. The van der Waals surface area contributed by atoms with E-state index < -0.39 is 0 Å². The lowest BCUT2D eigenvalue weighted by Crippen LogP contribution is -2.14. The van der Waals surface area contributed by atoms with E-state index in [1.807, 2.05) is 49.4 Å². The lowest BCUT2D eigenvalue weighted by atomic mass is 10.1. The lowest BCUT2D eigenvalue weighted by Gasteiger charge is -2.03. The topological polar surface area (TPSA) is 70.7 Å². The normalized spacial score (nSPS) is 10.4. The molecule has 0 saturated heterocycles. The zero-order valence-electron chi connectivity index (χ0n) is 12.2. The molecule has 0 aliphatic heterocycles. The molecule has 0 unspecified atom stereocenters. The zero-order valence-corrected chi connectivity index (χ0v) is 12.2. The van der Waals surface area contributed by atoms with Crippen molar-refractivity contribution in [1.82, 2.24) is 15.2 Å². The van der Waals surface area contributed by atoms with Crippen LogP contribution in [0.15, 0.2) is 54.9 Å². The molecule has 0 fully saturated rings. The maximum Gasteiger partial charge on any atom is 0.229 e. The van der Waals surface area contributed by atoms with Crippen LogP contribution < -0.4 is 5.32 Å². The molecule has 3 aromatic rings. The molecule has 1 aromatic carbocycles. The molecule has 0 bridgehead atoms. The average Bonchev–Trinajstić information content (AvgIpc) is 2.96. The Morgan fingerprint density at radius 1 is 1.18 bits per heavy atom. The SMILES string of the molecule is Cc1cccc(CC(=O)Nc2cc(-c3ccncc3)[nH]n2)c1. The summed E-state index contributed by atoms with van der Waals surface area (Å²) in [6.07, 6.45) is 3.76. The van der Waals surface area contributed by atoms with Crippen molar-refractivity contribution >= 4 is 11.7 Å². The first-order chi connectivity index (χ1) is 10.7. The van der Waals surface area contributed by atoms with Crippen LogP contribution in [-0.2, 0) is 11.2 Å². The summed E-state index contributed by atoms with van der Waals surface area (Å²) >= 11 is 0. The highest BCUT2D eigenvalue weighted by molar-refractivity contribution is 5.91. The van der Waals surface area contributed by atoms with Crippen LogP contribution in [0.1, 0.15) is 11.1 Å². The number of aromatic nitrogens is 3. The van der Waals surface area contributed by atoms with Gasteiger partial charge < -0.3 is 5.32 Å². The van der Waals surface area contributed by atoms with Gasteiger partial charge in [-0.1, -0.05) is 29.8 Å². The van der Waals surface area contributed by atoms with Crippen LogP contribution in [0.25, 0.3) is 11.3 Å². The summed E-state index contributed by atoms with van der Waals surface area (Å²) in [4.78, 5) is 16.0. The van der Waals surface area contributed by atoms with Crippen molar-refractivity contribution in [3.63, 3.8) is 0 Å². The van der Waals surface area contributed by atoms with Gasteiger partial charge in [-0.15, -0.1) is 0 Å². The van der Waals surface area contributed by atoms with E-state index in [9.17, 15) is 4.79 Å². The summed E-state index contributed by atoms with van der Waals surface area (Å²) in [6, 6.07) is 13.5. The van der Waals surface area contributed by atoms with Crippen LogP contribution in [0.4, 0.5) is 5.82 Å². The van der Waals surface area contributed by atoms with Gasteiger partial charge in [0, 0.05) is 24.0 Å². The monoisotopic (exact) mass is 292 g/mol. The Balaban J connectivity index is 1.66. The van der Waals surface area contributed by atoms with Crippen molar-refractivity contribution in [2.45, 2.75) is 13.3 Å². The molecule has 0 saturated carbocycles. The molecule has 0 radical (unpaired) electrons. The van der Waals surface area contributed by atoms with Crippen molar-refractivity contribution in [3.8, 4) is 11.3 Å². The molecule has 2 aromatic heterocycles. The summed E-state index contributed by atoms with van der Waals surface area (Å²) in [5.74, 6) is 0.433. The van der Waals surface area contributed by atoms with E-state index in [4.69, 9.17) is 0 Å². The number of H-pyrrole nitrogens is 1. The highest BCUT2D eigenvalue weighted by Gasteiger charge is 2.08. The third-order valence-electron chi connectivity index (χ3n) is 3.28. The molecule has 1 amide bonds. The second kappa shape index (κ2) is 6.22.